The molecule has 2 aromatic rings. The van der Waals surface area contributed by atoms with Crippen molar-refractivity contribution >= 4 is 16.9 Å². The van der Waals surface area contributed by atoms with E-state index in [0.717, 1.165) is 24.4 Å². The van der Waals surface area contributed by atoms with Crippen molar-refractivity contribution in [3.05, 3.63) is 30.2 Å². The van der Waals surface area contributed by atoms with Crippen molar-refractivity contribution in [2.75, 3.05) is 18.0 Å². The first kappa shape index (κ1) is 9.51. The number of hydrogen-bond acceptors (Lipinski definition) is 3. The number of fused-ring (bicyclic) bond motifs is 1. The third kappa shape index (κ3) is 1.60. The Morgan fingerprint density at radius 2 is 2.00 bits per heavy atom. The summed E-state index contributed by atoms with van der Waals surface area (Å²) < 4.78 is 13.1. The normalized spacial score (nSPS) is 15.9. The molecule has 0 aliphatic carbocycles. The molecule has 0 saturated carbocycles. The second kappa shape index (κ2) is 3.70. The molecule has 0 spiro atoms. The molecule has 3 rings (SSSR count). The van der Waals surface area contributed by atoms with Crippen molar-refractivity contribution in [3.63, 3.8) is 0 Å². The average Bonchev–Trinajstić information content (AvgIpc) is 2.81. The second-order valence-corrected chi connectivity index (χ2v) is 4.07. The fourth-order valence-corrected chi connectivity index (χ4v) is 2.06. The molecule has 3 nitrogen and oxygen atoms in total. The summed E-state index contributed by atoms with van der Waals surface area (Å²) in [4.78, 5) is 10.8. The maximum atomic E-state index is 13.1. The highest BCUT2D eigenvalue weighted by atomic mass is 19.1. The summed E-state index contributed by atoms with van der Waals surface area (Å²) >= 11 is 0. The Hall–Kier alpha value is -1.71. The topological polar surface area (TPSA) is 29.0 Å². The molecule has 0 N–H and O–H groups in total. The summed E-state index contributed by atoms with van der Waals surface area (Å²) in [5.74, 6) is 0.467. The van der Waals surface area contributed by atoms with E-state index in [1.54, 1.807) is 12.3 Å². The van der Waals surface area contributed by atoms with E-state index in [4.69, 9.17) is 0 Å². The smallest absolute Gasteiger partial charge is 0.225 e. The van der Waals surface area contributed by atoms with Gasteiger partial charge in [-0.2, -0.15) is 0 Å². The zero-order chi connectivity index (χ0) is 11.0. The lowest BCUT2D eigenvalue weighted by atomic mass is 10.2. The minimum absolute atomic E-state index is 0.251. The maximum Gasteiger partial charge on any atom is 0.225 e. The van der Waals surface area contributed by atoms with E-state index in [0.29, 0.717) is 5.52 Å². The predicted octanol–water partition coefficient (Wildman–Crippen LogP) is 2.37. The van der Waals surface area contributed by atoms with Gasteiger partial charge in [-0.15, -0.1) is 0 Å². The molecule has 1 aromatic heterocycles. The summed E-state index contributed by atoms with van der Waals surface area (Å²) in [6, 6.07) is 4.59. The molecule has 4 heteroatoms. The van der Waals surface area contributed by atoms with Gasteiger partial charge in [-0.3, -0.25) is 0 Å². The van der Waals surface area contributed by atoms with E-state index in [1.165, 1.54) is 25.0 Å². The lowest BCUT2D eigenvalue weighted by Crippen LogP contribution is -2.20. The maximum absolute atomic E-state index is 13.1. The number of anilines is 1. The van der Waals surface area contributed by atoms with Gasteiger partial charge < -0.3 is 4.90 Å². The van der Waals surface area contributed by atoms with Crippen LogP contribution in [0.25, 0.3) is 10.9 Å². The Morgan fingerprint density at radius 3 is 2.81 bits per heavy atom. The third-order valence-electron chi connectivity index (χ3n) is 2.92. The van der Waals surface area contributed by atoms with Crippen LogP contribution in [0.4, 0.5) is 10.3 Å². The van der Waals surface area contributed by atoms with Crippen molar-refractivity contribution < 1.29 is 4.39 Å². The van der Waals surface area contributed by atoms with Crippen LogP contribution in [0.3, 0.4) is 0 Å². The molecule has 2 heterocycles. The molecule has 1 saturated heterocycles. The number of benzene rings is 1. The molecular formula is C12H12FN3. The van der Waals surface area contributed by atoms with Gasteiger partial charge in [-0.05, 0) is 25.0 Å². The standard InChI is InChI=1S/C12H12FN3/c13-10-4-3-9-8-14-12(15-11(9)7-10)16-5-1-2-6-16/h3-4,7-8H,1-2,5-6H2. The first-order chi connectivity index (χ1) is 7.83. The van der Waals surface area contributed by atoms with Crippen molar-refractivity contribution in [3.8, 4) is 0 Å². The molecule has 1 fully saturated rings. The van der Waals surface area contributed by atoms with Crippen LogP contribution >= 0.6 is 0 Å². The lowest BCUT2D eigenvalue weighted by Gasteiger charge is -2.14. The average molecular weight is 217 g/mol. The molecule has 0 radical (unpaired) electrons. The second-order valence-electron chi connectivity index (χ2n) is 4.07. The van der Waals surface area contributed by atoms with Crippen molar-refractivity contribution in [1.82, 2.24) is 9.97 Å². The highest BCUT2D eigenvalue weighted by molar-refractivity contribution is 5.78. The lowest BCUT2D eigenvalue weighted by molar-refractivity contribution is 0.629. The van der Waals surface area contributed by atoms with Gasteiger partial charge in [-0.1, -0.05) is 0 Å². The fourth-order valence-electron chi connectivity index (χ4n) is 2.06. The molecule has 0 atom stereocenters. The van der Waals surface area contributed by atoms with Gasteiger partial charge in [0.05, 0.1) is 5.52 Å². The molecule has 0 bridgehead atoms. The molecule has 0 unspecified atom stereocenters. The Balaban J connectivity index is 2.07. The number of nitrogens with zero attached hydrogens (tertiary/aromatic N) is 3. The Morgan fingerprint density at radius 1 is 1.19 bits per heavy atom. The zero-order valence-corrected chi connectivity index (χ0v) is 8.86. The van der Waals surface area contributed by atoms with E-state index in [2.05, 4.69) is 14.9 Å². The summed E-state index contributed by atoms with van der Waals surface area (Å²) in [5, 5.41) is 0.879. The Bertz CT molecular complexity index is 521. The van der Waals surface area contributed by atoms with E-state index < -0.39 is 0 Å². The van der Waals surface area contributed by atoms with Crippen molar-refractivity contribution in [2.45, 2.75) is 12.8 Å². The molecule has 82 valence electrons. The number of aromatic nitrogens is 2. The van der Waals surface area contributed by atoms with Gasteiger partial charge in [0.2, 0.25) is 5.95 Å². The zero-order valence-electron chi connectivity index (χ0n) is 8.86. The van der Waals surface area contributed by atoms with Crippen LogP contribution in [0.15, 0.2) is 24.4 Å². The Labute approximate surface area is 92.9 Å². The number of hydrogen-bond donors (Lipinski definition) is 0. The summed E-state index contributed by atoms with van der Waals surface area (Å²) in [7, 11) is 0. The van der Waals surface area contributed by atoms with Crippen molar-refractivity contribution in [1.29, 1.82) is 0 Å². The van der Waals surface area contributed by atoms with E-state index in [-0.39, 0.29) is 5.82 Å². The van der Waals surface area contributed by atoms with Crippen LogP contribution in [0.2, 0.25) is 0 Å². The quantitative estimate of drug-likeness (QED) is 0.734. The third-order valence-corrected chi connectivity index (χ3v) is 2.92. The van der Waals surface area contributed by atoms with Crippen LogP contribution in [-0.2, 0) is 0 Å². The van der Waals surface area contributed by atoms with Gasteiger partial charge in [0.15, 0.2) is 0 Å². The summed E-state index contributed by atoms with van der Waals surface area (Å²) in [6.07, 6.45) is 4.13. The van der Waals surface area contributed by atoms with Crippen LogP contribution < -0.4 is 4.90 Å². The van der Waals surface area contributed by atoms with E-state index in [9.17, 15) is 4.39 Å². The first-order valence-electron chi connectivity index (χ1n) is 5.50. The van der Waals surface area contributed by atoms with Crippen molar-refractivity contribution in [2.24, 2.45) is 0 Å². The van der Waals surface area contributed by atoms with Gasteiger partial charge in [0.1, 0.15) is 5.82 Å². The highest BCUT2D eigenvalue weighted by Crippen LogP contribution is 2.19. The predicted molar refractivity (Wildman–Crippen MR) is 60.9 cm³/mol. The van der Waals surface area contributed by atoms with Gasteiger partial charge in [0, 0.05) is 30.7 Å². The molecule has 1 aliphatic rings. The van der Waals surface area contributed by atoms with Crippen LogP contribution in [-0.4, -0.2) is 23.1 Å². The molecule has 0 amide bonds. The number of halogens is 1. The van der Waals surface area contributed by atoms with E-state index in [1.807, 2.05) is 0 Å². The van der Waals surface area contributed by atoms with Gasteiger partial charge in [-0.25, -0.2) is 14.4 Å². The van der Waals surface area contributed by atoms with E-state index >= 15 is 0 Å². The summed E-state index contributed by atoms with van der Waals surface area (Å²) in [6.45, 7) is 2.00. The molecular weight excluding hydrogens is 205 g/mol. The van der Waals surface area contributed by atoms with Crippen LogP contribution in [0.1, 0.15) is 12.8 Å². The van der Waals surface area contributed by atoms with Crippen LogP contribution in [0.5, 0.6) is 0 Å². The minimum Gasteiger partial charge on any atom is -0.341 e. The largest absolute Gasteiger partial charge is 0.341 e. The SMILES string of the molecule is Fc1ccc2cnc(N3CCCC3)nc2c1. The summed E-state index contributed by atoms with van der Waals surface area (Å²) in [5.41, 5.74) is 0.678. The highest BCUT2D eigenvalue weighted by Gasteiger charge is 2.14. The Kier molecular flexibility index (Phi) is 2.20. The van der Waals surface area contributed by atoms with Crippen LogP contribution in [0, 0.1) is 5.82 Å². The molecule has 1 aliphatic heterocycles. The monoisotopic (exact) mass is 217 g/mol. The molecule has 1 aromatic carbocycles. The minimum atomic E-state index is -0.251. The molecule has 16 heavy (non-hydrogen) atoms. The fraction of sp³-hybridized carbons (Fsp3) is 0.333. The van der Waals surface area contributed by atoms with Gasteiger partial charge >= 0.3 is 0 Å². The number of rotatable bonds is 1. The first-order valence-corrected chi connectivity index (χ1v) is 5.50. The van der Waals surface area contributed by atoms with Gasteiger partial charge in [0.25, 0.3) is 0 Å².